The summed E-state index contributed by atoms with van der Waals surface area (Å²) in [5, 5.41) is 2.85. The smallest absolute Gasteiger partial charge is 0.255 e. The molecule has 0 saturated heterocycles. The Morgan fingerprint density at radius 2 is 1.80 bits per heavy atom. The van der Waals surface area contributed by atoms with Crippen molar-refractivity contribution < 1.29 is 17.6 Å². The molecule has 5 rings (SSSR count). The molecule has 0 saturated carbocycles. The lowest BCUT2D eigenvalue weighted by molar-refractivity contribution is 0.102. The standard InChI is InChI=1S/C26H22N4O4S/c1-18-8-13-22(35(32,33)28-16-21-5-4-14-34-21)15-23(18)26(31)29-19-9-11-20(12-10-19)30-17-27-24-6-2-3-7-25(24)30/h2-15,17,28H,16H2,1H3,(H,29,31). The second-order valence-corrected chi connectivity index (χ2v) is 9.75. The highest BCUT2D eigenvalue weighted by atomic mass is 32.2. The average Bonchev–Trinajstić information content (AvgIpc) is 3.54. The number of sulfonamides is 1. The zero-order chi connectivity index (χ0) is 24.4. The van der Waals surface area contributed by atoms with Crippen LogP contribution >= 0.6 is 0 Å². The minimum atomic E-state index is -3.83. The number of imidazole rings is 1. The Morgan fingerprint density at radius 3 is 2.57 bits per heavy atom. The largest absolute Gasteiger partial charge is 0.468 e. The SMILES string of the molecule is Cc1ccc(S(=O)(=O)NCc2ccco2)cc1C(=O)Nc1ccc(-n2cnc3ccccc32)cc1. The Labute approximate surface area is 202 Å². The van der Waals surface area contributed by atoms with Gasteiger partial charge in [-0.1, -0.05) is 18.2 Å². The molecule has 0 spiro atoms. The molecule has 2 N–H and O–H groups in total. The number of benzene rings is 3. The second kappa shape index (κ2) is 9.21. The van der Waals surface area contributed by atoms with Crippen molar-refractivity contribution in [3.05, 3.63) is 108 Å². The zero-order valence-corrected chi connectivity index (χ0v) is 19.6. The predicted molar refractivity (Wildman–Crippen MR) is 133 cm³/mol. The lowest BCUT2D eigenvalue weighted by Gasteiger charge is -2.12. The van der Waals surface area contributed by atoms with Crippen molar-refractivity contribution in [3.63, 3.8) is 0 Å². The van der Waals surface area contributed by atoms with E-state index in [0.717, 1.165) is 16.7 Å². The van der Waals surface area contributed by atoms with Crippen molar-refractivity contribution >= 4 is 32.7 Å². The number of hydrogen-bond donors (Lipinski definition) is 2. The van der Waals surface area contributed by atoms with E-state index in [0.29, 0.717) is 17.0 Å². The summed E-state index contributed by atoms with van der Waals surface area (Å²) in [6, 6.07) is 23.0. The Bertz CT molecular complexity index is 1610. The molecule has 0 aliphatic rings. The van der Waals surface area contributed by atoms with Gasteiger partial charge in [-0.25, -0.2) is 18.1 Å². The number of nitrogens with zero attached hydrogens (tertiary/aromatic N) is 2. The Kier molecular flexibility index (Phi) is 5.94. The number of anilines is 1. The molecule has 0 aliphatic carbocycles. The normalized spacial score (nSPS) is 11.6. The third kappa shape index (κ3) is 4.72. The maximum atomic E-state index is 13.0. The fraction of sp³-hybridized carbons (Fsp3) is 0.0769. The van der Waals surface area contributed by atoms with Crippen LogP contribution in [0, 0.1) is 6.92 Å². The molecule has 0 atom stereocenters. The molecule has 9 heteroatoms. The molecule has 176 valence electrons. The highest BCUT2D eigenvalue weighted by molar-refractivity contribution is 7.89. The van der Waals surface area contributed by atoms with Crippen molar-refractivity contribution in [2.24, 2.45) is 0 Å². The number of furan rings is 1. The number of amides is 1. The predicted octanol–water partition coefficient (Wildman–Crippen LogP) is 4.66. The second-order valence-electron chi connectivity index (χ2n) is 7.98. The van der Waals surface area contributed by atoms with Crippen LogP contribution in [0.25, 0.3) is 16.7 Å². The minimum absolute atomic E-state index is 0.00198. The number of carbonyl (C=O) groups excluding carboxylic acids is 1. The minimum Gasteiger partial charge on any atom is -0.468 e. The van der Waals surface area contributed by atoms with Crippen molar-refractivity contribution in [1.29, 1.82) is 0 Å². The van der Waals surface area contributed by atoms with Gasteiger partial charge in [-0.2, -0.15) is 0 Å². The first kappa shape index (κ1) is 22.6. The monoisotopic (exact) mass is 486 g/mol. The number of fused-ring (bicyclic) bond motifs is 1. The molecular weight excluding hydrogens is 464 g/mol. The van der Waals surface area contributed by atoms with Crippen molar-refractivity contribution in [2.45, 2.75) is 18.4 Å². The van der Waals surface area contributed by atoms with E-state index in [1.54, 1.807) is 43.6 Å². The molecule has 8 nitrogen and oxygen atoms in total. The summed E-state index contributed by atoms with van der Waals surface area (Å²) < 4.78 is 35.1. The fourth-order valence-corrected chi connectivity index (χ4v) is 4.76. The van der Waals surface area contributed by atoms with Gasteiger partial charge in [0.05, 0.1) is 28.7 Å². The molecule has 3 aromatic carbocycles. The summed E-state index contributed by atoms with van der Waals surface area (Å²) in [7, 11) is -3.83. The van der Waals surface area contributed by atoms with Gasteiger partial charge in [0.15, 0.2) is 0 Å². The van der Waals surface area contributed by atoms with Gasteiger partial charge in [0.2, 0.25) is 10.0 Å². The summed E-state index contributed by atoms with van der Waals surface area (Å²) in [4.78, 5) is 17.4. The molecule has 5 aromatic rings. The summed E-state index contributed by atoms with van der Waals surface area (Å²) in [5.74, 6) is 0.0946. The summed E-state index contributed by atoms with van der Waals surface area (Å²) in [6.45, 7) is 1.78. The number of hydrogen-bond acceptors (Lipinski definition) is 5. The lowest BCUT2D eigenvalue weighted by atomic mass is 10.1. The van der Waals surface area contributed by atoms with E-state index in [1.165, 1.54) is 18.4 Å². The summed E-state index contributed by atoms with van der Waals surface area (Å²) in [5.41, 5.74) is 4.31. The van der Waals surface area contributed by atoms with Gasteiger partial charge in [-0.15, -0.1) is 0 Å². The van der Waals surface area contributed by atoms with Crippen LogP contribution in [0.5, 0.6) is 0 Å². The average molecular weight is 487 g/mol. The van der Waals surface area contributed by atoms with Gasteiger partial charge in [0.25, 0.3) is 5.91 Å². The number of aromatic nitrogens is 2. The van der Waals surface area contributed by atoms with E-state index in [-0.39, 0.29) is 17.0 Å². The molecule has 2 aromatic heterocycles. The summed E-state index contributed by atoms with van der Waals surface area (Å²) in [6.07, 6.45) is 3.23. The number of nitrogens with one attached hydrogen (secondary N) is 2. The van der Waals surface area contributed by atoms with E-state index >= 15 is 0 Å². The van der Waals surface area contributed by atoms with Crippen LogP contribution < -0.4 is 10.0 Å². The summed E-state index contributed by atoms with van der Waals surface area (Å²) >= 11 is 0. The van der Waals surface area contributed by atoms with Crippen LogP contribution in [0.1, 0.15) is 21.7 Å². The van der Waals surface area contributed by atoms with Crippen LogP contribution in [-0.4, -0.2) is 23.9 Å². The molecule has 0 fully saturated rings. The molecule has 1 amide bonds. The first-order valence-electron chi connectivity index (χ1n) is 10.9. The number of aryl methyl sites for hydroxylation is 1. The van der Waals surface area contributed by atoms with Gasteiger partial charge in [0.1, 0.15) is 12.1 Å². The number of para-hydroxylation sites is 2. The molecule has 0 radical (unpaired) electrons. The Hall–Kier alpha value is -4.21. The van der Waals surface area contributed by atoms with Gasteiger partial charge < -0.3 is 9.73 Å². The Morgan fingerprint density at radius 1 is 1.00 bits per heavy atom. The van der Waals surface area contributed by atoms with E-state index in [4.69, 9.17) is 4.42 Å². The molecule has 0 unspecified atom stereocenters. The van der Waals surface area contributed by atoms with Crippen molar-refractivity contribution in [1.82, 2.24) is 14.3 Å². The maximum absolute atomic E-state index is 13.0. The van der Waals surface area contributed by atoms with Crippen molar-refractivity contribution in [2.75, 3.05) is 5.32 Å². The van der Waals surface area contributed by atoms with Crippen LogP contribution in [-0.2, 0) is 16.6 Å². The van der Waals surface area contributed by atoms with Gasteiger partial charge >= 0.3 is 0 Å². The highest BCUT2D eigenvalue weighted by Gasteiger charge is 2.18. The van der Waals surface area contributed by atoms with Gasteiger partial charge in [0, 0.05) is 16.9 Å². The third-order valence-electron chi connectivity index (χ3n) is 5.64. The van der Waals surface area contributed by atoms with E-state index in [2.05, 4.69) is 15.0 Å². The van der Waals surface area contributed by atoms with Gasteiger partial charge in [-0.05, 0) is 73.2 Å². The topological polar surface area (TPSA) is 106 Å². The van der Waals surface area contributed by atoms with Gasteiger partial charge in [-0.3, -0.25) is 9.36 Å². The fourth-order valence-electron chi connectivity index (χ4n) is 3.74. The van der Waals surface area contributed by atoms with Crippen LogP contribution in [0.15, 0.2) is 101 Å². The van der Waals surface area contributed by atoms with E-state index in [9.17, 15) is 13.2 Å². The first-order chi connectivity index (χ1) is 16.9. The number of rotatable bonds is 7. The Balaban J connectivity index is 1.33. The lowest BCUT2D eigenvalue weighted by Crippen LogP contribution is -2.24. The third-order valence-corrected chi connectivity index (χ3v) is 7.04. The van der Waals surface area contributed by atoms with E-state index < -0.39 is 15.9 Å². The molecule has 2 heterocycles. The van der Waals surface area contributed by atoms with E-state index in [1.807, 2.05) is 41.0 Å². The maximum Gasteiger partial charge on any atom is 0.255 e. The first-order valence-corrected chi connectivity index (χ1v) is 12.4. The molecule has 0 aliphatic heterocycles. The molecular formula is C26H22N4O4S. The highest BCUT2D eigenvalue weighted by Crippen LogP contribution is 2.21. The van der Waals surface area contributed by atoms with Crippen LogP contribution in [0.2, 0.25) is 0 Å². The number of carbonyl (C=O) groups is 1. The van der Waals surface area contributed by atoms with Crippen molar-refractivity contribution in [3.8, 4) is 5.69 Å². The molecule has 0 bridgehead atoms. The van der Waals surface area contributed by atoms with Crippen LogP contribution in [0.3, 0.4) is 0 Å². The van der Waals surface area contributed by atoms with Crippen LogP contribution in [0.4, 0.5) is 5.69 Å². The quantitative estimate of drug-likeness (QED) is 0.348. The zero-order valence-electron chi connectivity index (χ0n) is 18.8. The molecule has 35 heavy (non-hydrogen) atoms.